The average Bonchev–Trinajstić information content (AvgIpc) is 2.75. The Balaban J connectivity index is 2.63. The highest BCUT2D eigenvalue weighted by Crippen LogP contribution is 2.45. The van der Waals surface area contributed by atoms with Crippen molar-refractivity contribution in [2.45, 2.75) is 26.4 Å². The zero-order valence-corrected chi connectivity index (χ0v) is 11.3. The predicted octanol–water partition coefficient (Wildman–Crippen LogP) is 1.67. The number of likely N-dealkylation sites (tertiary alicyclic amines) is 1. The van der Waals surface area contributed by atoms with E-state index < -0.39 is 24.1 Å². The van der Waals surface area contributed by atoms with Crippen molar-refractivity contribution in [3.8, 4) is 0 Å². The van der Waals surface area contributed by atoms with Gasteiger partial charge in [-0.3, -0.25) is 4.79 Å². The van der Waals surface area contributed by atoms with Crippen LogP contribution in [0, 0.1) is 5.41 Å². The van der Waals surface area contributed by atoms with Crippen molar-refractivity contribution in [1.29, 1.82) is 0 Å². The Bertz CT molecular complexity index is 319. The maximum atomic E-state index is 13.0. The number of carboxylic acid groups (broad SMARTS) is 1. The van der Waals surface area contributed by atoms with Gasteiger partial charge in [-0.1, -0.05) is 13.8 Å². The summed E-state index contributed by atoms with van der Waals surface area (Å²) in [6.45, 7) is 6.56. The smallest absolute Gasteiger partial charge is 0.406 e. The first-order valence-electron chi connectivity index (χ1n) is 6.51. The molecule has 1 fully saturated rings. The molecule has 4 nitrogen and oxygen atoms in total. The highest BCUT2D eigenvalue weighted by molar-refractivity contribution is 5.76. The normalized spacial score (nSPS) is 25.2. The van der Waals surface area contributed by atoms with Crippen molar-refractivity contribution in [1.82, 2.24) is 9.80 Å². The number of halogens is 3. The summed E-state index contributed by atoms with van der Waals surface area (Å²) in [5.41, 5.74) is -2.59. The zero-order valence-electron chi connectivity index (χ0n) is 11.3. The maximum Gasteiger partial charge on any atom is 0.406 e. The fraction of sp³-hybridized carbons (Fsp3) is 0.917. The molecule has 0 radical (unpaired) electrons. The highest BCUT2D eigenvalue weighted by atomic mass is 19.4. The number of alkyl halides is 3. The zero-order chi connectivity index (χ0) is 14.7. The lowest BCUT2D eigenvalue weighted by Gasteiger charge is -2.28. The van der Waals surface area contributed by atoms with Gasteiger partial charge in [0.2, 0.25) is 0 Å². The number of nitrogens with zero attached hydrogens (tertiary/aromatic N) is 2. The Labute approximate surface area is 111 Å². The SMILES string of the molecule is CCN(CC)CCN1CCC(C(=O)O)(C(F)(F)F)C1. The van der Waals surface area contributed by atoms with E-state index in [0.717, 1.165) is 13.1 Å². The Morgan fingerprint density at radius 3 is 2.32 bits per heavy atom. The van der Waals surface area contributed by atoms with Crippen LogP contribution in [0.3, 0.4) is 0 Å². The summed E-state index contributed by atoms with van der Waals surface area (Å²) in [7, 11) is 0. The molecule has 1 N–H and O–H groups in total. The lowest BCUT2D eigenvalue weighted by atomic mass is 9.86. The maximum absolute atomic E-state index is 13.0. The van der Waals surface area contributed by atoms with Crippen molar-refractivity contribution in [2.75, 3.05) is 39.3 Å². The molecule has 1 aliphatic rings. The van der Waals surface area contributed by atoms with E-state index >= 15 is 0 Å². The van der Waals surface area contributed by atoms with Crippen LogP contribution in [0.4, 0.5) is 13.2 Å². The third-order valence-electron chi connectivity index (χ3n) is 3.93. The number of hydrogen-bond acceptors (Lipinski definition) is 3. The number of aliphatic carboxylic acids is 1. The summed E-state index contributed by atoms with van der Waals surface area (Å²) in [5, 5.41) is 8.93. The minimum atomic E-state index is -4.69. The van der Waals surface area contributed by atoms with Crippen LogP contribution in [0.15, 0.2) is 0 Å². The molecule has 7 heteroatoms. The summed E-state index contributed by atoms with van der Waals surface area (Å²) < 4.78 is 38.9. The molecule has 0 amide bonds. The van der Waals surface area contributed by atoms with Gasteiger partial charge in [0.15, 0.2) is 5.41 Å². The molecular weight excluding hydrogens is 261 g/mol. The van der Waals surface area contributed by atoms with Gasteiger partial charge in [0.1, 0.15) is 0 Å². The minimum Gasteiger partial charge on any atom is -0.481 e. The molecule has 0 saturated carbocycles. The van der Waals surface area contributed by atoms with Gasteiger partial charge in [-0.25, -0.2) is 0 Å². The van der Waals surface area contributed by atoms with Gasteiger partial charge in [0, 0.05) is 19.6 Å². The molecule has 1 heterocycles. The second-order valence-corrected chi connectivity index (χ2v) is 4.94. The Hall–Kier alpha value is -0.820. The van der Waals surface area contributed by atoms with Crippen LogP contribution in [0.5, 0.6) is 0 Å². The lowest BCUT2D eigenvalue weighted by Crippen LogP contribution is -2.47. The Morgan fingerprint density at radius 2 is 1.95 bits per heavy atom. The van der Waals surface area contributed by atoms with Gasteiger partial charge in [-0.2, -0.15) is 13.2 Å². The third-order valence-corrected chi connectivity index (χ3v) is 3.93. The van der Waals surface area contributed by atoms with Crippen LogP contribution in [0.2, 0.25) is 0 Å². The minimum absolute atomic E-state index is 0.188. The molecule has 112 valence electrons. The number of carbonyl (C=O) groups is 1. The third kappa shape index (κ3) is 3.39. The van der Waals surface area contributed by atoms with Crippen molar-refractivity contribution < 1.29 is 23.1 Å². The fourth-order valence-electron chi connectivity index (χ4n) is 2.43. The fourth-order valence-corrected chi connectivity index (χ4v) is 2.43. The molecule has 0 aliphatic carbocycles. The van der Waals surface area contributed by atoms with E-state index in [0.29, 0.717) is 13.1 Å². The topological polar surface area (TPSA) is 43.8 Å². The second-order valence-electron chi connectivity index (χ2n) is 4.94. The van der Waals surface area contributed by atoms with Crippen LogP contribution in [-0.2, 0) is 4.79 Å². The van der Waals surface area contributed by atoms with Crippen molar-refractivity contribution in [3.05, 3.63) is 0 Å². The Morgan fingerprint density at radius 1 is 1.37 bits per heavy atom. The van der Waals surface area contributed by atoms with Gasteiger partial charge in [0.05, 0.1) is 0 Å². The van der Waals surface area contributed by atoms with Crippen LogP contribution in [-0.4, -0.2) is 66.3 Å². The molecular formula is C12H21F3N2O2. The summed E-state index contributed by atoms with van der Waals surface area (Å²) >= 11 is 0. The second kappa shape index (κ2) is 6.09. The largest absolute Gasteiger partial charge is 0.481 e. The summed E-state index contributed by atoms with van der Waals surface area (Å²) in [6, 6.07) is 0. The van der Waals surface area contributed by atoms with Crippen LogP contribution >= 0.6 is 0 Å². The van der Waals surface area contributed by atoms with Gasteiger partial charge < -0.3 is 14.9 Å². The molecule has 1 aliphatic heterocycles. The standard InChI is InChI=1S/C12H21F3N2O2/c1-3-16(4-2)7-8-17-6-5-11(9-17,10(18)19)12(13,14)15/h3-9H2,1-2H3,(H,18,19). The van der Waals surface area contributed by atoms with Crippen LogP contribution < -0.4 is 0 Å². The summed E-state index contributed by atoms with van der Waals surface area (Å²) in [6.07, 6.45) is -5.05. The van der Waals surface area contributed by atoms with E-state index in [1.165, 1.54) is 0 Å². The molecule has 1 rings (SSSR count). The number of likely N-dealkylation sites (N-methyl/N-ethyl adjacent to an activating group) is 1. The molecule has 0 spiro atoms. The molecule has 0 aromatic carbocycles. The molecule has 1 atom stereocenters. The van der Waals surface area contributed by atoms with Gasteiger partial charge >= 0.3 is 12.1 Å². The van der Waals surface area contributed by atoms with Crippen molar-refractivity contribution >= 4 is 5.97 Å². The van der Waals surface area contributed by atoms with E-state index in [-0.39, 0.29) is 13.0 Å². The van der Waals surface area contributed by atoms with Gasteiger partial charge in [0.25, 0.3) is 0 Å². The van der Waals surface area contributed by atoms with Crippen molar-refractivity contribution in [3.63, 3.8) is 0 Å². The van der Waals surface area contributed by atoms with E-state index in [1.54, 1.807) is 4.90 Å². The van der Waals surface area contributed by atoms with Crippen molar-refractivity contribution in [2.24, 2.45) is 5.41 Å². The van der Waals surface area contributed by atoms with Gasteiger partial charge in [-0.05, 0) is 26.1 Å². The monoisotopic (exact) mass is 282 g/mol. The molecule has 0 aromatic rings. The predicted molar refractivity (Wildman–Crippen MR) is 65.0 cm³/mol. The van der Waals surface area contributed by atoms with Gasteiger partial charge in [-0.15, -0.1) is 0 Å². The Kier molecular flexibility index (Phi) is 5.20. The molecule has 19 heavy (non-hydrogen) atoms. The first-order valence-corrected chi connectivity index (χ1v) is 6.51. The quantitative estimate of drug-likeness (QED) is 0.805. The molecule has 0 bridgehead atoms. The lowest BCUT2D eigenvalue weighted by molar-refractivity contribution is -0.227. The summed E-state index contributed by atoms with van der Waals surface area (Å²) in [5.74, 6) is -1.76. The number of rotatable bonds is 6. The molecule has 1 unspecified atom stereocenters. The first-order chi connectivity index (χ1) is 8.76. The molecule has 1 saturated heterocycles. The van der Waals surface area contributed by atoms with E-state index in [4.69, 9.17) is 5.11 Å². The average molecular weight is 282 g/mol. The molecule has 0 aromatic heterocycles. The highest BCUT2D eigenvalue weighted by Gasteiger charge is 2.63. The van der Waals surface area contributed by atoms with E-state index in [2.05, 4.69) is 4.90 Å². The van der Waals surface area contributed by atoms with Crippen LogP contribution in [0.1, 0.15) is 20.3 Å². The number of carboxylic acids is 1. The number of hydrogen-bond donors (Lipinski definition) is 1. The summed E-state index contributed by atoms with van der Waals surface area (Å²) in [4.78, 5) is 14.7. The van der Waals surface area contributed by atoms with Crippen LogP contribution in [0.25, 0.3) is 0 Å². The van der Waals surface area contributed by atoms with E-state index in [9.17, 15) is 18.0 Å². The first kappa shape index (κ1) is 16.2. The van der Waals surface area contributed by atoms with E-state index in [1.807, 2.05) is 13.8 Å².